The number of imidazole rings is 1. The molecule has 140 valence electrons. The number of hydrogen-bond acceptors (Lipinski definition) is 3. The summed E-state index contributed by atoms with van der Waals surface area (Å²) < 4.78 is 44.3. The van der Waals surface area contributed by atoms with E-state index >= 15 is 0 Å². The Balaban J connectivity index is 1.73. The average molecular weight is 397 g/mol. The zero-order valence-electron chi connectivity index (χ0n) is 14.5. The standard InChI is InChI=1S/C21H14F3N3S/c22-12-5-8-14(9-6-12)25-20-19(15-10-7-13(23)11-16(15)24)26-21-27(20)17-3-1-2-4-18(17)28-21/h1-6,8-11,13,25H,7H2. The number of hydrogen-bond donors (Lipinski definition) is 1. The monoisotopic (exact) mass is 397 g/mol. The SMILES string of the molecule is FC1=CC(F)CC=C1c1nc2sc3ccccc3n2c1Nc1ccc(F)cc1. The lowest BCUT2D eigenvalue weighted by molar-refractivity contribution is 0.394. The van der Waals surface area contributed by atoms with E-state index in [1.165, 1.54) is 29.5 Å². The molecule has 0 fully saturated rings. The van der Waals surface area contributed by atoms with Gasteiger partial charge in [-0.1, -0.05) is 29.5 Å². The highest BCUT2D eigenvalue weighted by molar-refractivity contribution is 7.23. The number of nitrogens with one attached hydrogen (secondary N) is 1. The van der Waals surface area contributed by atoms with Crippen LogP contribution >= 0.6 is 11.3 Å². The zero-order chi connectivity index (χ0) is 19.3. The summed E-state index contributed by atoms with van der Waals surface area (Å²) in [7, 11) is 0. The van der Waals surface area contributed by atoms with E-state index in [1.54, 1.807) is 12.1 Å². The maximum Gasteiger partial charge on any atom is 0.197 e. The van der Waals surface area contributed by atoms with Gasteiger partial charge in [-0.25, -0.2) is 18.2 Å². The molecule has 1 unspecified atom stereocenters. The van der Waals surface area contributed by atoms with Gasteiger partial charge in [0.05, 0.1) is 10.2 Å². The topological polar surface area (TPSA) is 29.3 Å². The number of aromatic nitrogens is 2. The van der Waals surface area contributed by atoms with Crippen molar-refractivity contribution in [1.29, 1.82) is 0 Å². The third-order valence-corrected chi connectivity index (χ3v) is 5.67. The molecule has 1 aliphatic carbocycles. The Kier molecular flexibility index (Phi) is 3.98. The van der Waals surface area contributed by atoms with Crippen molar-refractivity contribution >= 4 is 43.6 Å². The first-order valence-corrected chi connectivity index (χ1v) is 9.56. The summed E-state index contributed by atoms with van der Waals surface area (Å²) in [5.74, 6) is -0.412. The lowest BCUT2D eigenvalue weighted by Gasteiger charge is -2.14. The first-order valence-electron chi connectivity index (χ1n) is 8.75. The van der Waals surface area contributed by atoms with Gasteiger partial charge in [-0.15, -0.1) is 0 Å². The van der Waals surface area contributed by atoms with Gasteiger partial charge in [0.15, 0.2) is 4.96 Å². The summed E-state index contributed by atoms with van der Waals surface area (Å²) in [6.45, 7) is 0. The van der Waals surface area contributed by atoms with Gasteiger partial charge in [0.1, 0.15) is 29.3 Å². The maximum absolute atomic E-state index is 14.5. The van der Waals surface area contributed by atoms with Crippen molar-refractivity contribution in [2.45, 2.75) is 12.6 Å². The minimum atomic E-state index is -1.33. The number of halogens is 3. The first kappa shape index (κ1) is 17.1. The summed E-state index contributed by atoms with van der Waals surface area (Å²) in [4.78, 5) is 5.33. The van der Waals surface area contributed by atoms with Crippen LogP contribution in [0.15, 0.2) is 66.5 Å². The smallest absolute Gasteiger partial charge is 0.197 e. The second-order valence-electron chi connectivity index (χ2n) is 6.51. The van der Waals surface area contributed by atoms with Crippen molar-refractivity contribution in [1.82, 2.24) is 9.38 Å². The summed E-state index contributed by atoms with van der Waals surface area (Å²) >= 11 is 1.48. The molecule has 0 spiro atoms. The molecule has 4 aromatic rings. The summed E-state index contributed by atoms with van der Waals surface area (Å²) in [6.07, 6.45) is 1.28. The van der Waals surface area contributed by atoms with Crippen LogP contribution in [0.5, 0.6) is 0 Å². The number of thiazole rings is 1. The van der Waals surface area contributed by atoms with E-state index in [-0.39, 0.29) is 17.8 Å². The minimum Gasteiger partial charge on any atom is -0.339 e. The lowest BCUT2D eigenvalue weighted by Crippen LogP contribution is -2.04. The molecule has 1 N–H and O–H groups in total. The highest BCUT2D eigenvalue weighted by Crippen LogP contribution is 2.39. The van der Waals surface area contributed by atoms with Crippen LogP contribution in [0.1, 0.15) is 12.1 Å². The van der Waals surface area contributed by atoms with Gasteiger partial charge < -0.3 is 5.32 Å². The first-order chi connectivity index (χ1) is 13.6. The molecule has 2 aromatic carbocycles. The van der Waals surface area contributed by atoms with Crippen LogP contribution < -0.4 is 5.32 Å². The fraction of sp³-hybridized carbons (Fsp3) is 0.0952. The highest BCUT2D eigenvalue weighted by Gasteiger charge is 2.25. The maximum atomic E-state index is 14.5. The Morgan fingerprint density at radius 2 is 1.86 bits per heavy atom. The van der Waals surface area contributed by atoms with E-state index < -0.39 is 12.0 Å². The molecule has 0 saturated carbocycles. The predicted octanol–water partition coefficient (Wildman–Crippen LogP) is 6.41. The molecular formula is C21H14F3N3S. The predicted molar refractivity (Wildman–Crippen MR) is 107 cm³/mol. The van der Waals surface area contributed by atoms with Crippen LogP contribution in [0.25, 0.3) is 20.8 Å². The molecule has 28 heavy (non-hydrogen) atoms. The lowest BCUT2D eigenvalue weighted by atomic mass is 10.0. The Morgan fingerprint density at radius 1 is 1.07 bits per heavy atom. The Hall–Kier alpha value is -3.06. The van der Waals surface area contributed by atoms with Gasteiger partial charge in [-0.3, -0.25) is 4.40 Å². The van der Waals surface area contributed by atoms with Crippen LogP contribution in [0, 0.1) is 5.82 Å². The molecule has 3 nitrogen and oxygen atoms in total. The molecule has 0 radical (unpaired) electrons. The molecule has 0 bridgehead atoms. The van der Waals surface area contributed by atoms with E-state index in [1.807, 2.05) is 28.7 Å². The molecule has 7 heteroatoms. The van der Waals surface area contributed by atoms with Crippen LogP contribution in [0.4, 0.5) is 24.7 Å². The molecule has 0 aliphatic heterocycles. The van der Waals surface area contributed by atoms with E-state index in [0.29, 0.717) is 22.2 Å². The van der Waals surface area contributed by atoms with Gasteiger partial charge in [-0.05, 0) is 42.5 Å². The Bertz CT molecular complexity index is 1250. The van der Waals surface area contributed by atoms with Crippen molar-refractivity contribution in [3.8, 4) is 0 Å². The third-order valence-electron chi connectivity index (χ3n) is 4.65. The fourth-order valence-electron chi connectivity index (χ4n) is 3.35. The third kappa shape index (κ3) is 2.79. The zero-order valence-corrected chi connectivity index (χ0v) is 15.3. The normalized spacial score (nSPS) is 17.0. The van der Waals surface area contributed by atoms with Gasteiger partial charge in [0.2, 0.25) is 0 Å². The van der Waals surface area contributed by atoms with E-state index in [4.69, 9.17) is 0 Å². The van der Waals surface area contributed by atoms with Crippen molar-refractivity contribution in [2.24, 2.45) is 0 Å². The van der Waals surface area contributed by atoms with Crippen molar-refractivity contribution in [2.75, 3.05) is 5.32 Å². The summed E-state index contributed by atoms with van der Waals surface area (Å²) in [5, 5.41) is 3.24. The molecule has 2 aromatic heterocycles. The number of nitrogens with zero attached hydrogens (tertiary/aromatic N) is 2. The summed E-state index contributed by atoms with van der Waals surface area (Å²) in [5.41, 5.74) is 2.24. The molecule has 0 amide bonds. The van der Waals surface area contributed by atoms with Crippen molar-refractivity contribution < 1.29 is 13.2 Å². The molecular weight excluding hydrogens is 383 g/mol. The molecule has 1 aliphatic rings. The van der Waals surface area contributed by atoms with Crippen LogP contribution in [-0.4, -0.2) is 15.6 Å². The van der Waals surface area contributed by atoms with Gasteiger partial charge in [0, 0.05) is 17.7 Å². The number of alkyl halides is 1. The number of allylic oxidation sites excluding steroid dienone is 4. The average Bonchev–Trinajstić information content (AvgIpc) is 3.20. The van der Waals surface area contributed by atoms with Crippen molar-refractivity contribution in [3.05, 3.63) is 78.0 Å². The quantitative estimate of drug-likeness (QED) is 0.433. The van der Waals surface area contributed by atoms with E-state index in [9.17, 15) is 13.2 Å². The van der Waals surface area contributed by atoms with Gasteiger partial charge in [0.25, 0.3) is 0 Å². The van der Waals surface area contributed by atoms with Crippen LogP contribution in [-0.2, 0) is 0 Å². The highest BCUT2D eigenvalue weighted by atomic mass is 32.1. The summed E-state index contributed by atoms with van der Waals surface area (Å²) in [6, 6.07) is 13.7. The minimum absolute atomic E-state index is 0.102. The van der Waals surface area contributed by atoms with Crippen LogP contribution in [0.2, 0.25) is 0 Å². The van der Waals surface area contributed by atoms with Crippen molar-refractivity contribution in [3.63, 3.8) is 0 Å². The van der Waals surface area contributed by atoms with E-state index in [0.717, 1.165) is 16.3 Å². The molecule has 2 heterocycles. The fourth-order valence-corrected chi connectivity index (χ4v) is 4.37. The second-order valence-corrected chi connectivity index (χ2v) is 7.52. The second kappa shape index (κ2) is 6.53. The number of anilines is 2. The Labute approximate surface area is 162 Å². The van der Waals surface area contributed by atoms with E-state index in [2.05, 4.69) is 10.3 Å². The van der Waals surface area contributed by atoms with Crippen LogP contribution in [0.3, 0.4) is 0 Å². The number of para-hydroxylation sites is 1. The van der Waals surface area contributed by atoms with Gasteiger partial charge >= 0.3 is 0 Å². The molecule has 0 saturated heterocycles. The number of rotatable bonds is 3. The van der Waals surface area contributed by atoms with Gasteiger partial charge in [-0.2, -0.15) is 0 Å². The number of benzene rings is 2. The largest absolute Gasteiger partial charge is 0.339 e. The molecule has 5 rings (SSSR count). The number of fused-ring (bicyclic) bond motifs is 3. The Morgan fingerprint density at radius 3 is 2.64 bits per heavy atom. The molecule has 1 atom stereocenters.